The molecule has 2 heterocycles. The van der Waals surface area contributed by atoms with Gasteiger partial charge in [-0.2, -0.15) is 4.31 Å². The summed E-state index contributed by atoms with van der Waals surface area (Å²) in [6, 6.07) is 18.0. The lowest BCUT2D eigenvalue weighted by atomic mass is 10.1. The van der Waals surface area contributed by atoms with Gasteiger partial charge in [-0.25, -0.2) is 8.42 Å². The molecule has 150 valence electrons. The minimum atomic E-state index is -3.69. The van der Waals surface area contributed by atoms with Crippen LogP contribution in [0.1, 0.15) is 16.2 Å². The Balaban J connectivity index is 1.54. The van der Waals surface area contributed by atoms with E-state index in [4.69, 9.17) is 4.52 Å². The highest BCUT2D eigenvalue weighted by Gasteiger charge is 2.32. The van der Waals surface area contributed by atoms with E-state index in [1.165, 1.54) is 4.31 Å². The van der Waals surface area contributed by atoms with Crippen molar-refractivity contribution in [1.29, 1.82) is 0 Å². The highest BCUT2D eigenvalue weighted by molar-refractivity contribution is 7.89. The molecule has 0 spiro atoms. The predicted octanol–water partition coefficient (Wildman–Crippen LogP) is 2.80. The number of nitrogens with zero attached hydrogens (tertiary/aromatic N) is 3. The molecule has 0 unspecified atom stereocenters. The van der Waals surface area contributed by atoms with Crippen LogP contribution >= 0.6 is 0 Å². The maximum atomic E-state index is 13.3. The molecule has 1 amide bonds. The Morgan fingerprint density at radius 3 is 2.28 bits per heavy atom. The summed E-state index contributed by atoms with van der Waals surface area (Å²) < 4.78 is 33.1. The molecule has 0 radical (unpaired) electrons. The molecule has 8 heteroatoms. The van der Waals surface area contributed by atoms with Crippen LogP contribution in [0, 0.1) is 6.92 Å². The highest BCUT2D eigenvalue weighted by Crippen LogP contribution is 2.29. The monoisotopic (exact) mass is 411 g/mol. The second kappa shape index (κ2) is 7.81. The van der Waals surface area contributed by atoms with E-state index in [-0.39, 0.29) is 29.7 Å². The van der Waals surface area contributed by atoms with Crippen LogP contribution < -0.4 is 0 Å². The number of carbonyl (C=O) groups excluding carboxylic acids is 1. The van der Waals surface area contributed by atoms with Crippen LogP contribution in [0.4, 0.5) is 0 Å². The van der Waals surface area contributed by atoms with Gasteiger partial charge in [-0.15, -0.1) is 0 Å². The number of amides is 1. The van der Waals surface area contributed by atoms with Crippen LogP contribution in [0.25, 0.3) is 11.1 Å². The maximum Gasteiger partial charge on any atom is 0.292 e. The average Bonchev–Trinajstić information content (AvgIpc) is 3.20. The first-order valence-electron chi connectivity index (χ1n) is 9.34. The molecule has 0 saturated carbocycles. The number of aryl methyl sites for hydroxylation is 1. The number of benzene rings is 2. The topological polar surface area (TPSA) is 83.7 Å². The van der Waals surface area contributed by atoms with E-state index < -0.39 is 10.0 Å². The third kappa shape index (κ3) is 3.81. The average molecular weight is 411 g/mol. The Morgan fingerprint density at radius 2 is 1.62 bits per heavy atom. The summed E-state index contributed by atoms with van der Waals surface area (Å²) in [6.45, 7) is 2.79. The van der Waals surface area contributed by atoms with Crippen molar-refractivity contribution < 1.29 is 17.7 Å². The fourth-order valence-electron chi connectivity index (χ4n) is 3.44. The molecule has 1 saturated heterocycles. The molecule has 0 atom stereocenters. The first-order chi connectivity index (χ1) is 14.0. The van der Waals surface area contributed by atoms with Gasteiger partial charge in [0.15, 0.2) is 0 Å². The number of rotatable bonds is 4. The van der Waals surface area contributed by atoms with Gasteiger partial charge in [0, 0.05) is 37.8 Å². The molecular formula is C21H21N3O4S. The van der Waals surface area contributed by atoms with E-state index in [9.17, 15) is 13.2 Å². The van der Waals surface area contributed by atoms with Gasteiger partial charge in [-0.1, -0.05) is 53.7 Å². The second-order valence-electron chi connectivity index (χ2n) is 6.89. The Morgan fingerprint density at radius 1 is 0.966 bits per heavy atom. The summed E-state index contributed by atoms with van der Waals surface area (Å²) in [7, 11) is -3.69. The van der Waals surface area contributed by atoms with Crippen LogP contribution in [0.15, 0.2) is 70.1 Å². The molecule has 4 rings (SSSR count). The minimum absolute atomic E-state index is 0.174. The molecule has 1 aliphatic heterocycles. The Labute approximate surface area is 169 Å². The number of sulfonamides is 1. The molecule has 7 nitrogen and oxygen atoms in total. The molecule has 1 fully saturated rings. The van der Waals surface area contributed by atoms with E-state index in [0.29, 0.717) is 24.3 Å². The first kappa shape index (κ1) is 19.4. The molecule has 0 N–H and O–H groups in total. The van der Waals surface area contributed by atoms with Gasteiger partial charge in [-0.05, 0) is 18.6 Å². The molecule has 2 aromatic carbocycles. The molecule has 1 aromatic heterocycles. The summed E-state index contributed by atoms with van der Waals surface area (Å²) in [6.07, 6.45) is 0. The lowest BCUT2D eigenvalue weighted by molar-refractivity contribution is 0.0656. The fraction of sp³-hybridized carbons (Fsp3) is 0.238. The van der Waals surface area contributed by atoms with E-state index in [0.717, 1.165) is 5.56 Å². The molecule has 1 aliphatic rings. The first-order valence-corrected chi connectivity index (χ1v) is 10.8. The molecule has 3 aromatic rings. The largest absolute Gasteiger partial charge is 0.351 e. The lowest BCUT2D eigenvalue weighted by Gasteiger charge is -2.33. The molecule has 0 aliphatic carbocycles. The predicted molar refractivity (Wildman–Crippen MR) is 108 cm³/mol. The number of aromatic nitrogens is 1. The van der Waals surface area contributed by atoms with Crippen LogP contribution in [-0.2, 0) is 10.0 Å². The lowest BCUT2D eigenvalue weighted by Crippen LogP contribution is -2.50. The van der Waals surface area contributed by atoms with Crippen molar-refractivity contribution in [2.75, 3.05) is 26.2 Å². The number of hydrogen-bond donors (Lipinski definition) is 0. The zero-order valence-corrected chi connectivity index (χ0v) is 16.8. The van der Waals surface area contributed by atoms with E-state index in [1.807, 2.05) is 42.5 Å². The van der Waals surface area contributed by atoms with E-state index >= 15 is 0 Å². The minimum Gasteiger partial charge on any atom is -0.351 e. The van der Waals surface area contributed by atoms with Crippen LogP contribution in [-0.4, -0.2) is 54.9 Å². The van der Waals surface area contributed by atoms with Crippen molar-refractivity contribution in [3.63, 3.8) is 0 Å². The van der Waals surface area contributed by atoms with Crippen molar-refractivity contribution >= 4 is 15.9 Å². The third-order valence-electron chi connectivity index (χ3n) is 4.95. The third-order valence-corrected chi connectivity index (χ3v) is 6.91. The van der Waals surface area contributed by atoms with Crippen molar-refractivity contribution in [1.82, 2.24) is 14.4 Å². The van der Waals surface area contributed by atoms with Crippen LogP contribution in [0.5, 0.6) is 0 Å². The van der Waals surface area contributed by atoms with Crippen molar-refractivity contribution in [2.45, 2.75) is 11.8 Å². The van der Waals surface area contributed by atoms with Crippen molar-refractivity contribution in [3.8, 4) is 11.1 Å². The van der Waals surface area contributed by atoms with Crippen LogP contribution in [0.3, 0.4) is 0 Å². The molecular weight excluding hydrogens is 390 g/mol. The smallest absolute Gasteiger partial charge is 0.292 e. The Bertz CT molecular complexity index is 1120. The van der Waals surface area contributed by atoms with Gasteiger partial charge in [-0.3, -0.25) is 4.79 Å². The Kier molecular flexibility index (Phi) is 5.21. The van der Waals surface area contributed by atoms with E-state index in [1.54, 1.807) is 30.0 Å². The summed E-state index contributed by atoms with van der Waals surface area (Å²) in [4.78, 5) is 14.4. The Hall–Kier alpha value is -2.97. The molecule has 0 bridgehead atoms. The van der Waals surface area contributed by atoms with Gasteiger partial charge < -0.3 is 9.42 Å². The standard InChI is InChI=1S/C21H21N3O4S/c1-16-15-19(28-22-16)21(25)23-11-13-24(14-12-23)29(26,27)20-10-6-5-9-18(20)17-7-3-2-4-8-17/h2-10,15H,11-14H2,1H3. The van der Waals surface area contributed by atoms with Crippen LogP contribution in [0.2, 0.25) is 0 Å². The number of carbonyl (C=O) groups is 1. The number of hydrogen-bond acceptors (Lipinski definition) is 5. The summed E-state index contributed by atoms with van der Waals surface area (Å²) >= 11 is 0. The summed E-state index contributed by atoms with van der Waals surface area (Å²) in [5.74, 6) is -0.0967. The van der Waals surface area contributed by atoms with Gasteiger partial charge in [0.1, 0.15) is 0 Å². The zero-order chi connectivity index (χ0) is 20.4. The van der Waals surface area contributed by atoms with Gasteiger partial charge >= 0.3 is 0 Å². The van der Waals surface area contributed by atoms with Gasteiger partial charge in [0.25, 0.3) is 5.91 Å². The molecule has 29 heavy (non-hydrogen) atoms. The van der Waals surface area contributed by atoms with E-state index in [2.05, 4.69) is 5.16 Å². The van der Waals surface area contributed by atoms with Crippen molar-refractivity contribution in [3.05, 3.63) is 72.1 Å². The summed E-state index contributed by atoms with van der Waals surface area (Å²) in [5.41, 5.74) is 2.15. The fourth-order valence-corrected chi connectivity index (χ4v) is 5.08. The van der Waals surface area contributed by atoms with Crippen molar-refractivity contribution in [2.24, 2.45) is 0 Å². The second-order valence-corrected chi connectivity index (χ2v) is 8.80. The number of piperazine rings is 1. The maximum absolute atomic E-state index is 13.3. The zero-order valence-electron chi connectivity index (χ0n) is 16.0. The summed E-state index contributed by atoms with van der Waals surface area (Å²) in [5, 5.41) is 3.74. The van der Waals surface area contributed by atoms with Gasteiger partial charge in [0.2, 0.25) is 15.8 Å². The SMILES string of the molecule is Cc1cc(C(=O)N2CCN(S(=O)(=O)c3ccccc3-c3ccccc3)CC2)on1. The van der Waals surface area contributed by atoms with Gasteiger partial charge in [0.05, 0.1) is 10.6 Å². The quantitative estimate of drug-likeness (QED) is 0.659. The highest BCUT2D eigenvalue weighted by atomic mass is 32.2. The normalized spacial score (nSPS) is 15.4.